The smallest absolute Gasteiger partial charge is 1.00 e. The third-order valence-electron chi connectivity index (χ3n) is 0. The molecule has 5 N–H and O–H groups in total. The SMILES string of the molecule is CCO.O.O=S(=O)(O)O.[H-].[Na+]. The molecule has 8 heteroatoms. The van der Waals surface area contributed by atoms with E-state index in [9.17, 15) is 0 Å². The van der Waals surface area contributed by atoms with Gasteiger partial charge in [0.15, 0.2) is 0 Å². The minimum absolute atomic E-state index is 0. The fourth-order valence-corrected chi connectivity index (χ4v) is 0. The zero-order valence-electron chi connectivity index (χ0n) is 6.77. The van der Waals surface area contributed by atoms with E-state index >= 15 is 0 Å². The first-order chi connectivity index (χ1) is 3.41. The van der Waals surface area contributed by atoms with Gasteiger partial charge in [0.2, 0.25) is 0 Å². The maximum absolute atomic E-state index is 8.74. The van der Waals surface area contributed by atoms with Gasteiger partial charge in [0.1, 0.15) is 0 Å². The molecule has 0 spiro atoms. The Bertz CT molecular complexity index is 115. The van der Waals surface area contributed by atoms with E-state index in [1.54, 1.807) is 6.92 Å². The van der Waals surface area contributed by atoms with Crippen LogP contribution in [0, 0.1) is 0 Å². The Morgan fingerprint density at radius 2 is 1.40 bits per heavy atom. The van der Waals surface area contributed by atoms with Gasteiger partial charge in [-0.3, -0.25) is 9.11 Å². The second-order valence-corrected chi connectivity index (χ2v) is 1.66. The van der Waals surface area contributed by atoms with E-state index in [-0.39, 0.29) is 43.1 Å². The molecular formula is C2H11NaO6S. The van der Waals surface area contributed by atoms with Gasteiger partial charge in [0.05, 0.1) is 0 Å². The van der Waals surface area contributed by atoms with Gasteiger partial charge in [-0.05, 0) is 6.92 Å². The molecule has 0 atom stereocenters. The molecule has 0 heterocycles. The minimum Gasteiger partial charge on any atom is -1.00 e. The molecule has 0 rings (SSSR count). The van der Waals surface area contributed by atoms with E-state index in [1.807, 2.05) is 0 Å². The van der Waals surface area contributed by atoms with Crippen molar-refractivity contribution in [3.05, 3.63) is 0 Å². The van der Waals surface area contributed by atoms with Gasteiger partial charge in [0, 0.05) is 6.61 Å². The van der Waals surface area contributed by atoms with E-state index in [1.165, 1.54) is 0 Å². The van der Waals surface area contributed by atoms with Crippen LogP contribution in [-0.4, -0.2) is 34.7 Å². The zero-order chi connectivity index (χ0) is 7.21. The summed E-state index contributed by atoms with van der Waals surface area (Å²) in [7, 11) is -4.67. The monoisotopic (exact) mass is 186 g/mol. The van der Waals surface area contributed by atoms with Crippen LogP contribution in [0.5, 0.6) is 0 Å². The van der Waals surface area contributed by atoms with Gasteiger partial charge >= 0.3 is 40.0 Å². The molecule has 6 nitrogen and oxygen atoms in total. The topological polar surface area (TPSA) is 126 Å². The van der Waals surface area contributed by atoms with Gasteiger partial charge in [-0.25, -0.2) is 0 Å². The second-order valence-electron chi connectivity index (χ2n) is 0.764. The third-order valence-corrected chi connectivity index (χ3v) is 0. The Labute approximate surface area is 82.9 Å². The summed E-state index contributed by atoms with van der Waals surface area (Å²) in [6, 6.07) is 0. The van der Waals surface area contributed by atoms with Crippen molar-refractivity contribution in [2.75, 3.05) is 6.61 Å². The molecule has 0 unspecified atom stereocenters. The number of rotatable bonds is 0. The van der Waals surface area contributed by atoms with Crippen molar-refractivity contribution in [3.63, 3.8) is 0 Å². The summed E-state index contributed by atoms with van der Waals surface area (Å²) in [4.78, 5) is 0. The first kappa shape index (κ1) is 22.4. The summed E-state index contributed by atoms with van der Waals surface area (Å²) in [6.07, 6.45) is 0. The van der Waals surface area contributed by atoms with Crippen LogP contribution in [0.3, 0.4) is 0 Å². The molecule has 0 radical (unpaired) electrons. The number of aliphatic hydroxyl groups is 1. The Morgan fingerprint density at radius 3 is 1.40 bits per heavy atom. The molecule has 0 aromatic heterocycles. The maximum atomic E-state index is 8.74. The van der Waals surface area contributed by atoms with Crippen molar-refractivity contribution in [3.8, 4) is 0 Å². The predicted molar refractivity (Wildman–Crippen MR) is 31.7 cm³/mol. The normalized spacial score (nSPS) is 7.60. The van der Waals surface area contributed by atoms with Gasteiger partial charge < -0.3 is 12.0 Å². The van der Waals surface area contributed by atoms with Gasteiger partial charge in [-0.1, -0.05) is 0 Å². The fourth-order valence-electron chi connectivity index (χ4n) is 0. The van der Waals surface area contributed by atoms with Crippen molar-refractivity contribution in [1.82, 2.24) is 0 Å². The Morgan fingerprint density at radius 1 is 1.40 bits per heavy atom. The van der Waals surface area contributed by atoms with E-state index < -0.39 is 10.4 Å². The van der Waals surface area contributed by atoms with Crippen LogP contribution in [0.2, 0.25) is 0 Å². The van der Waals surface area contributed by atoms with Crippen LogP contribution in [0.15, 0.2) is 0 Å². The minimum atomic E-state index is -4.67. The molecule has 62 valence electrons. The summed E-state index contributed by atoms with van der Waals surface area (Å²) < 4.78 is 31.6. The molecule has 10 heavy (non-hydrogen) atoms. The van der Waals surface area contributed by atoms with Crippen molar-refractivity contribution in [2.45, 2.75) is 6.92 Å². The summed E-state index contributed by atoms with van der Waals surface area (Å²) in [5.74, 6) is 0. The zero-order valence-corrected chi connectivity index (χ0v) is 8.59. The standard InChI is InChI=1S/C2H6O.Na.H2O4S.H2O.H/c1-2-3;;1-5(2,3)4;;/h3H,2H2,1H3;;(H2,1,2,3,4);1H2;/q;+1;;;-1. The third kappa shape index (κ3) is 855. The Hall–Kier alpha value is 0.790. The number of hydrogen-bond donors (Lipinski definition) is 3. The predicted octanol–water partition coefficient (Wildman–Crippen LogP) is -4.36. The number of hydrogen-bond acceptors (Lipinski definition) is 3. The van der Waals surface area contributed by atoms with Crippen LogP contribution in [0.25, 0.3) is 0 Å². The largest absolute Gasteiger partial charge is 1.00 e. The summed E-state index contributed by atoms with van der Waals surface area (Å²) >= 11 is 0. The summed E-state index contributed by atoms with van der Waals surface area (Å²) in [5, 5.41) is 7.57. The molecule has 0 aliphatic carbocycles. The molecule has 0 bridgehead atoms. The average Bonchev–Trinajstić information content (AvgIpc) is 1.27. The number of aliphatic hydroxyl groups excluding tert-OH is 1. The van der Waals surface area contributed by atoms with Crippen LogP contribution in [0.1, 0.15) is 8.35 Å². The first-order valence-electron chi connectivity index (χ1n) is 1.72. The van der Waals surface area contributed by atoms with Crippen LogP contribution < -0.4 is 29.6 Å². The molecule has 0 aliphatic rings. The molecular weight excluding hydrogens is 175 g/mol. The first-order valence-corrected chi connectivity index (χ1v) is 3.12. The maximum Gasteiger partial charge on any atom is 1.00 e. The summed E-state index contributed by atoms with van der Waals surface area (Å²) in [5.41, 5.74) is 0. The van der Waals surface area contributed by atoms with E-state index in [0.29, 0.717) is 0 Å². The van der Waals surface area contributed by atoms with E-state index in [0.717, 1.165) is 0 Å². The van der Waals surface area contributed by atoms with Crippen molar-refractivity contribution in [2.24, 2.45) is 0 Å². The average molecular weight is 186 g/mol. The Kier molecular flexibility index (Phi) is 28.0. The molecule has 0 aromatic carbocycles. The van der Waals surface area contributed by atoms with Crippen molar-refractivity contribution < 1.29 is 59.1 Å². The van der Waals surface area contributed by atoms with Gasteiger partial charge in [-0.2, -0.15) is 8.42 Å². The van der Waals surface area contributed by atoms with E-state index in [2.05, 4.69) is 0 Å². The van der Waals surface area contributed by atoms with Crippen LogP contribution >= 0.6 is 0 Å². The van der Waals surface area contributed by atoms with Gasteiger partial charge in [-0.15, -0.1) is 0 Å². The quantitative estimate of drug-likeness (QED) is 0.260. The van der Waals surface area contributed by atoms with E-state index in [4.69, 9.17) is 22.6 Å². The van der Waals surface area contributed by atoms with Crippen LogP contribution in [0.4, 0.5) is 0 Å². The molecule has 0 saturated heterocycles. The molecule has 0 aromatic rings. The fraction of sp³-hybridized carbons (Fsp3) is 1.00. The second kappa shape index (κ2) is 12.5. The van der Waals surface area contributed by atoms with Crippen molar-refractivity contribution in [1.29, 1.82) is 0 Å². The molecule has 0 aliphatic heterocycles. The van der Waals surface area contributed by atoms with Crippen molar-refractivity contribution >= 4 is 10.4 Å². The van der Waals surface area contributed by atoms with Gasteiger partial charge in [0.25, 0.3) is 0 Å². The molecule has 0 fully saturated rings. The summed E-state index contributed by atoms with van der Waals surface area (Å²) in [6.45, 7) is 1.93. The van der Waals surface area contributed by atoms with Crippen LogP contribution in [-0.2, 0) is 10.4 Å². The Balaban J connectivity index is -0.0000000183. The molecule has 0 amide bonds. The molecule has 0 saturated carbocycles.